The minimum atomic E-state index is -1.25. The summed E-state index contributed by atoms with van der Waals surface area (Å²) in [5.41, 5.74) is 5.52. The van der Waals surface area contributed by atoms with E-state index in [9.17, 15) is 14.7 Å². The van der Waals surface area contributed by atoms with E-state index in [1.54, 1.807) is 30.3 Å². The number of hydrogen-bond donors (Lipinski definition) is 3. The van der Waals surface area contributed by atoms with Crippen LogP contribution in [0.2, 0.25) is 0 Å². The smallest absolute Gasteiger partial charge is 0.331 e. The summed E-state index contributed by atoms with van der Waals surface area (Å²) >= 11 is 0. The van der Waals surface area contributed by atoms with E-state index in [0.717, 1.165) is 0 Å². The molecule has 0 fully saturated rings. The SMILES string of the molecule is CC1(C(=O)O)C=C(COc2ccc(N)cc2)C=C(C(=O)O)C1. The molecule has 1 aromatic rings. The lowest BCUT2D eigenvalue weighted by molar-refractivity contribution is -0.145. The van der Waals surface area contributed by atoms with E-state index in [-0.39, 0.29) is 18.6 Å². The van der Waals surface area contributed by atoms with Crippen molar-refractivity contribution in [3.63, 3.8) is 0 Å². The molecule has 0 spiro atoms. The van der Waals surface area contributed by atoms with Gasteiger partial charge in [-0.05, 0) is 49.3 Å². The van der Waals surface area contributed by atoms with E-state index >= 15 is 0 Å². The highest BCUT2D eigenvalue weighted by molar-refractivity contribution is 5.90. The molecule has 0 saturated heterocycles. The first-order valence-corrected chi connectivity index (χ1v) is 6.67. The molecule has 0 aliphatic heterocycles. The van der Waals surface area contributed by atoms with E-state index in [0.29, 0.717) is 17.0 Å². The molecule has 2 rings (SSSR count). The number of hydrogen-bond acceptors (Lipinski definition) is 4. The van der Waals surface area contributed by atoms with Crippen LogP contribution in [0.25, 0.3) is 0 Å². The van der Waals surface area contributed by atoms with Crippen molar-refractivity contribution >= 4 is 17.6 Å². The van der Waals surface area contributed by atoms with Crippen molar-refractivity contribution in [3.05, 3.63) is 47.6 Å². The Hall–Kier alpha value is -2.76. The first kappa shape index (κ1) is 15.6. The molecule has 1 aliphatic carbocycles. The van der Waals surface area contributed by atoms with Gasteiger partial charge >= 0.3 is 11.9 Å². The molecule has 4 N–H and O–H groups in total. The first-order valence-electron chi connectivity index (χ1n) is 6.67. The Morgan fingerprint density at radius 1 is 1.27 bits per heavy atom. The van der Waals surface area contributed by atoms with Crippen molar-refractivity contribution in [1.82, 2.24) is 0 Å². The van der Waals surface area contributed by atoms with Crippen molar-refractivity contribution in [3.8, 4) is 5.75 Å². The number of carboxylic acids is 2. The minimum absolute atomic E-state index is 0.0525. The van der Waals surface area contributed by atoms with Crippen molar-refractivity contribution < 1.29 is 24.5 Å². The van der Waals surface area contributed by atoms with Gasteiger partial charge in [0.05, 0.1) is 5.41 Å². The summed E-state index contributed by atoms with van der Waals surface area (Å²) in [7, 11) is 0. The van der Waals surface area contributed by atoms with Gasteiger partial charge in [0.25, 0.3) is 0 Å². The molecule has 0 heterocycles. The van der Waals surface area contributed by atoms with Gasteiger partial charge in [0.15, 0.2) is 0 Å². The van der Waals surface area contributed by atoms with Crippen LogP contribution in [-0.2, 0) is 9.59 Å². The van der Waals surface area contributed by atoms with Crippen molar-refractivity contribution in [1.29, 1.82) is 0 Å². The zero-order chi connectivity index (χ0) is 16.3. The number of benzene rings is 1. The second kappa shape index (κ2) is 5.93. The van der Waals surface area contributed by atoms with Gasteiger partial charge in [-0.3, -0.25) is 4.79 Å². The Labute approximate surface area is 127 Å². The van der Waals surface area contributed by atoms with Crippen LogP contribution in [0.1, 0.15) is 13.3 Å². The summed E-state index contributed by atoms with van der Waals surface area (Å²) in [4.78, 5) is 22.6. The summed E-state index contributed by atoms with van der Waals surface area (Å²) in [6.45, 7) is 1.58. The highest BCUT2D eigenvalue weighted by atomic mass is 16.5. The van der Waals surface area contributed by atoms with Gasteiger partial charge in [-0.25, -0.2) is 4.79 Å². The van der Waals surface area contributed by atoms with Gasteiger partial charge in [0.2, 0.25) is 0 Å². The van der Waals surface area contributed by atoms with Crippen molar-refractivity contribution in [2.45, 2.75) is 13.3 Å². The lowest BCUT2D eigenvalue weighted by atomic mass is 9.78. The van der Waals surface area contributed by atoms with Gasteiger partial charge in [-0.2, -0.15) is 0 Å². The average molecular weight is 303 g/mol. The van der Waals surface area contributed by atoms with Crippen LogP contribution in [-0.4, -0.2) is 28.8 Å². The number of nitrogens with two attached hydrogens (primary N) is 1. The van der Waals surface area contributed by atoms with Gasteiger partial charge in [-0.15, -0.1) is 0 Å². The molecule has 116 valence electrons. The van der Waals surface area contributed by atoms with Gasteiger partial charge in [-0.1, -0.05) is 6.08 Å². The lowest BCUT2D eigenvalue weighted by Gasteiger charge is -2.26. The van der Waals surface area contributed by atoms with E-state index < -0.39 is 17.4 Å². The fourth-order valence-electron chi connectivity index (χ4n) is 2.26. The number of carbonyl (C=O) groups is 2. The predicted octanol–water partition coefficient (Wildman–Crippen LogP) is 2.08. The zero-order valence-electron chi connectivity index (χ0n) is 12.1. The molecule has 1 unspecified atom stereocenters. The Balaban J connectivity index is 2.19. The number of anilines is 1. The molecule has 0 bridgehead atoms. The third-order valence-electron chi connectivity index (χ3n) is 3.47. The number of nitrogen functional groups attached to an aromatic ring is 1. The zero-order valence-corrected chi connectivity index (χ0v) is 12.1. The molecule has 1 atom stereocenters. The van der Waals surface area contributed by atoms with Crippen LogP contribution in [0, 0.1) is 5.41 Å². The van der Waals surface area contributed by atoms with Crippen LogP contribution in [0.4, 0.5) is 5.69 Å². The van der Waals surface area contributed by atoms with Gasteiger partial charge in [0.1, 0.15) is 12.4 Å². The number of aliphatic carboxylic acids is 2. The van der Waals surface area contributed by atoms with E-state index in [1.807, 2.05) is 0 Å². The fraction of sp³-hybridized carbons (Fsp3) is 0.250. The predicted molar refractivity (Wildman–Crippen MR) is 80.5 cm³/mol. The van der Waals surface area contributed by atoms with Crippen LogP contribution in [0.3, 0.4) is 0 Å². The summed E-state index contributed by atoms with van der Waals surface area (Å²) < 4.78 is 5.55. The molecular formula is C16H17NO5. The molecule has 1 aliphatic rings. The third-order valence-corrected chi connectivity index (χ3v) is 3.47. The molecule has 6 heteroatoms. The van der Waals surface area contributed by atoms with Gasteiger partial charge < -0.3 is 20.7 Å². The Kier molecular flexibility index (Phi) is 4.21. The number of ether oxygens (including phenoxy) is 1. The molecule has 0 amide bonds. The minimum Gasteiger partial charge on any atom is -0.489 e. The van der Waals surface area contributed by atoms with Crippen molar-refractivity contribution in [2.75, 3.05) is 12.3 Å². The highest BCUT2D eigenvalue weighted by Crippen LogP contribution is 2.34. The molecule has 0 saturated carbocycles. The highest BCUT2D eigenvalue weighted by Gasteiger charge is 2.36. The number of carboxylic acid groups (broad SMARTS) is 2. The topological polar surface area (TPSA) is 110 Å². The second-order valence-electron chi connectivity index (χ2n) is 5.45. The quantitative estimate of drug-likeness (QED) is 0.718. The molecule has 6 nitrogen and oxygen atoms in total. The average Bonchev–Trinajstić information content (AvgIpc) is 2.46. The maximum absolute atomic E-state index is 11.4. The normalized spacial score (nSPS) is 20.8. The summed E-state index contributed by atoms with van der Waals surface area (Å²) in [6.07, 6.45) is 2.95. The summed E-state index contributed by atoms with van der Waals surface area (Å²) in [6, 6.07) is 6.75. The Morgan fingerprint density at radius 2 is 1.91 bits per heavy atom. The maximum Gasteiger partial charge on any atom is 0.331 e. The fourth-order valence-corrected chi connectivity index (χ4v) is 2.26. The van der Waals surface area contributed by atoms with Crippen LogP contribution >= 0.6 is 0 Å². The molecule has 22 heavy (non-hydrogen) atoms. The largest absolute Gasteiger partial charge is 0.489 e. The van der Waals surface area contributed by atoms with Gasteiger partial charge in [0, 0.05) is 11.3 Å². The number of rotatable bonds is 5. The maximum atomic E-state index is 11.4. The Bertz CT molecular complexity index is 660. The molecular weight excluding hydrogens is 286 g/mol. The van der Waals surface area contributed by atoms with Crippen LogP contribution in [0.5, 0.6) is 5.75 Å². The van der Waals surface area contributed by atoms with Crippen molar-refractivity contribution in [2.24, 2.45) is 5.41 Å². The monoisotopic (exact) mass is 303 g/mol. The molecule has 0 aromatic heterocycles. The van der Waals surface area contributed by atoms with Crippen LogP contribution in [0.15, 0.2) is 47.6 Å². The lowest BCUT2D eigenvalue weighted by Crippen LogP contribution is -2.30. The summed E-state index contributed by atoms with van der Waals surface area (Å²) in [5, 5.41) is 18.5. The standard InChI is InChI=1S/C16H17NO5/c1-16(15(20)21)7-10(6-11(8-16)14(18)19)9-22-13-4-2-12(17)3-5-13/h2-7H,8-9,17H2,1H3,(H,18,19)(H,20,21). The summed E-state index contributed by atoms with van der Waals surface area (Å²) in [5.74, 6) is -1.61. The van der Waals surface area contributed by atoms with Crippen LogP contribution < -0.4 is 10.5 Å². The van der Waals surface area contributed by atoms with E-state index in [1.165, 1.54) is 13.0 Å². The first-order chi connectivity index (χ1) is 10.3. The van der Waals surface area contributed by atoms with E-state index in [4.69, 9.17) is 15.6 Å². The molecule has 1 aromatic carbocycles. The third kappa shape index (κ3) is 3.46. The van der Waals surface area contributed by atoms with E-state index in [2.05, 4.69) is 0 Å². The Morgan fingerprint density at radius 3 is 2.45 bits per heavy atom. The second-order valence-corrected chi connectivity index (χ2v) is 5.45. The molecule has 0 radical (unpaired) electrons.